The van der Waals surface area contributed by atoms with Crippen molar-refractivity contribution in [2.24, 2.45) is 4.99 Å². The van der Waals surface area contributed by atoms with Gasteiger partial charge in [-0.1, -0.05) is 42.5 Å². The van der Waals surface area contributed by atoms with Crippen LogP contribution in [0.4, 0.5) is 5.69 Å². The third-order valence-corrected chi connectivity index (χ3v) is 4.52. The summed E-state index contributed by atoms with van der Waals surface area (Å²) in [5.74, 6) is 0.898. The summed E-state index contributed by atoms with van der Waals surface area (Å²) in [6.45, 7) is 1.62. The van der Waals surface area contributed by atoms with Gasteiger partial charge in [-0.2, -0.15) is 0 Å². The fourth-order valence-corrected chi connectivity index (χ4v) is 3.34. The molecule has 2 heterocycles. The van der Waals surface area contributed by atoms with Gasteiger partial charge in [-0.15, -0.1) is 0 Å². The summed E-state index contributed by atoms with van der Waals surface area (Å²) < 4.78 is 0. The Kier molecular flexibility index (Phi) is 3.87. The van der Waals surface area contributed by atoms with E-state index in [4.69, 9.17) is 0 Å². The van der Waals surface area contributed by atoms with Gasteiger partial charge in [0.25, 0.3) is 0 Å². The molecule has 4 heteroatoms. The summed E-state index contributed by atoms with van der Waals surface area (Å²) in [7, 11) is 1.83. The molecule has 4 nitrogen and oxygen atoms in total. The summed E-state index contributed by atoms with van der Waals surface area (Å²) in [6.07, 6.45) is 2.93. The Labute approximate surface area is 141 Å². The highest BCUT2D eigenvalue weighted by molar-refractivity contribution is 5.98. The molecule has 0 saturated carbocycles. The molecule has 1 aliphatic rings. The second-order valence-electron chi connectivity index (χ2n) is 5.91. The zero-order chi connectivity index (χ0) is 16.4. The van der Waals surface area contributed by atoms with E-state index < -0.39 is 0 Å². The van der Waals surface area contributed by atoms with Gasteiger partial charge in [0.2, 0.25) is 0 Å². The number of guanidine groups is 1. The number of nitrogens with zero attached hydrogens (tertiary/aromatic N) is 3. The molecule has 1 aromatic heterocycles. The molecule has 0 radical (unpaired) electrons. The van der Waals surface area contributed by atoms with Crippen molar-refractivity contribution in [2.45, 2.75) is 13.0 Å². The predicted octanol–water partition coefficient (Wildman–Crippen LogP) is 3.37. The number of nitrogens with one attached hydrogen (secondary N) is 1. The number of hydrogen-bond donors (Lipinski definition) is 1. The van der Waals surface area contributed by atoms with Gasteiger partial charge in [0.1, 0.15) is 0 Å². The number of benzene rings is 2. The molecular formula is C20H20N4. The molecule has 0 unspecified atom stereocenters. The number of aromatic nitrogens is 1. The first-order chi connectivity index (χ1) is 11.9. The first-order valence-electron chi connectivity index (χ1n) is 8.25. The Hall–Kier alpha value is -2.88. The Morgan fingerprint density at radius 1 is 1.12 bits per heavy atom. The number of anilines is 1. The molecule has 0 spiro atoms. The molecule has 2 aromatic carbocycles. The lowest BCUT2D eigenvalue weighted by Gasteiger charge is -2.22. The normalized spacial score (nSPS) is 14.0. The summed E-state index contributed by atoms with van der Waals surface area (Å²) in [6, 6.07) is 18.9. The molecule has 1 N–H and O–H groups in total. The molecule has 4 rings (SSSR count). The lowest BCUT2D eigenvalue weighted by molar-refractivity contribution is 0.848. The van der Waals surface area contributed by atoms with Crippen molar-refractivity contribution in [3.63, 3.8) is 0 Å². The Bertz CT molecular complexity index is 896. The monoisotopic (exact) mass is 316 g/mol. The standard InChI is InChI=1S/C20H20N4/c1-21-20(24-13-11-16-7-3-5-9-19(16)24)23-14-18-17-8-4-2-6-15(17)10-12-22-18/h2-10,12H,11,13-14H2,1H3,(H,21,23). The minimum atomic E-state index is 0.659. The highest BCUT2D eigenvalue weighted by atomic mass is 15.3. The number of aliphatic imine (C=N–C) groups is 1. The van der Waals surface area contributed by atoms with Crippen molar-refractivity contribution in [3.05, 3.63) is 72.1 Å². The van der Waals surface area contributed by atoms with Gasteiger partial charge in [-0.25, -0.2) is 0 Å². The van der Waals surface area contributed by atoms with Crippen LogP contribution in [0.15, 0.2) is 65.8 Å². The molecule has 0 bridgehead atoms. The minimum Gasteiger partial charge on any atom is -0.350 e. The van der Waals surface area contributed by atoms with Crippen molar-refractivity contribution < 1.29 is 0 Å². The van der Waals surface area contributed by atoms with Crippen LogP contribution in [0.2, 0.25) is 0 Å². The third kappa shape index (κ3) is 2.60. The van der Waals surface area contributed by atoms with Crippen LogP contribution in [0.1, 0.15) is 11.3 Å². The van der Waals surface area contributed by atoms with Gasteiger partial charge in [0.15, 0.2) is 5.96 Å². The molecule has 0 saturated heterocycles. The quantitative estimate of drug-likeness (QED) is 0.582. The van der Waals surface area contributed by atoms with Gasteiger partial charge in [0, 0.05) is 30.9 Å². The average Bonchev–Trinajstić information content (AvgIpc) is 3.07. The summed E-state index contributed by atoms with van der Waals surface area (Å²) in [4.78, 5) is 11.3. The molecule has 3 aromatic rings. The Balaban J connectivity index is 1.56. The summed E-state index contributed by atoms with van der Waals surface area (Å²) in [5.41, 5.74) is 3.67. The molecule has 24 heavy (non-hydrogen) atoms. The molecular weight excluding hydrogens is 296 g/mol. The maximum Gasteiger partial charge on any atom is 0.198 e. The maximum absolute atomic E-state index is 4.55. The van der Waals surface area contributed by atoms with Crippen LogP contribution in [0.5, 0.6) is 0 Å². The van der Waals surface area contributed by atoms with Crippen LogP contribution < -0.4 is 10.2 Å². The van der Waals surface area contributed by atoms with E-state index >= 15 is 0 Å². The van der Waals surface area contributed by atoms with E-state index in [2.05, 4.69) is 68.7 Å². The zero-order valence-electron chi connectivity index (χ0n) is 13.7. The number of hydrogen-bond acceptors (Lipinski definition) is 2. The van der Waals surface area contributed by atoms with Crippen LogP contribution in [0.3, 0.4) is 0 Å². The maximum atomic E-state index is 4.55. The largest absolute Gasteiger partial charge is 0.350 e. The van der Waals surface area contributed by atoms with E-state index in [1.165, 1.54) is 22.0 Å². The number of rotatable bonds is 2. The lowest BCUT2D eigenvalue weighted by atomic mass is 10.1. The first kappa shape index (κ1) is 14.7. The molecule has 1 aliphatic heterocycles. The van der Waals surface area contributed by atoms with E-state index in [0.29, 0.717) is 6.54 Å². The second-order valence-corrected chi connectivity index (χ2v) is 5.91. The fraction of sp³-hybridized carbons (Fsp3) is 0.200. The highest BCUT2D eigenvalue weighted by Crippen LogP contribution is 2.27. The topological polar surface area (TPSA) is 40.5 Å². The van der Waals surface area contributed by atoms with Crippen molar-refractivity contribution in [1.29, 1.82) is 0 Å². The number of fused-ring (bicyclic) bond motifs is 2. The van der Waals surface area contributed by atoms with Crippen LogP contribution in [0, 0.1) is 0 Å². The predicted molar refractivity (Wildman–Crippen MR) is 99.4 cm³/mol. The van der Waals surface area contributed by atoms with Crippen LogP contribution in [0.25, 0.3) is 10.8 Å². The molecule has 0 fully saturated rings. The number of para-hydroxylation sites is 1. The van der Waals surface area contributed by atoms with Gasteiger partial charge in [-0.05, 0) is 29.5 Å². The molecule has 0 amide bonds. The average molecular weight is 316 g/mol. The van der Waals surface area contributed by atoms with Gasteiger partial charge >= 0.3 is 0 Å². The minimum absolute atomic E-state index is 0.659. The van der Waals surface area contributed by atoms with Gasteiger partial charge in [-0.3, -0.25) is 9.98 Å². The van der Waals surface area contributed by atoms with Crippen LogP contribution in [-0.2, 0) is 13.0 Å². The molecule has 0 aliphatic carbocycles. The van der Waals surface area contributed by atoms with E-state index in [1.807, 2.05) is 19.3 Å². The van der Waals surface area contributed by atoms with Crippen molar-refractivity contribution in [2.75, 3.05) is 18.5 Å². The first-order valence-corrected chi connectivity index (χ1v) is 8.25. The van der Waals surface area contributed by atoms with Gasteiger partial charge < -0.3 is 10.2 Å². The second kappa shape index (κ2) is 6.32. The Morgan fingerprint density at radius 2 is 1.96 bits per heavy atom. The fourth-order valence-electron chi connectivity index (χ4n) is 3.34. The van der Waals surface area contributed by atoms with E-state index in [-0.39, 0.29) is 0 Å². The third-order valence-electron chi connectivity index (χ3n) is 4.52. The highest BCUT2D eigenvalue weighted by Gasteiger charge is 2.22. The summed E-state index contributed by atoms with van der Waals surface area (Å²) >= 11 is 0. The SMILES string of the molecule is CN=C(NCc1nccc2ccccc12)N1CCc2ccccc21. The molecule has 120 valence electrons. The van der Waals surface area contributed by atoms with E-state index in [1.54, 1.807) is 0 Å². The lowest BCUT2D eigenvalue weighted by Crippen LogP contribution is -2.40. The van der Waals surface area contributed by atoms with E-state index in [9.17, 15) is 0 Å². The van der Waals surface area contributed by atoms with E-state index in [0.717, 1.165) is 24.6 Å². The van der Waals surface area contributed by atoms with Gasteiger partial charge in [0.05, 0.1) is 12.2 Å². The smallest absolute Gasteiger partial charge is 0.198 e. The summed E-state index contributed by atoms with van der Waals surface area (Å²) in [5, 5.41) is 5.87. The van der Waals surface area contributed by atoms with Crippen molar-refractivity contribution in [1.82, 2.24) is 10.3 Å². The van der Waals surface area contributed by atoms with Crippen LogP contribution in [-0.4, -0.2) is 24.5 Å². The zero-order valence-corrected chi connectivity index (χ0v) is 13.7. The Morgan fingerprint density at radius 3 is 2.88 bits per heavy atom. The van der Waals surface area contributed by atoms with Crippen molar-refractivity contribution >= 4 is 22.4 Å². The van der Waals surface area contributed by atoms with Crippen molar-refractivity contribution in [3.8, 4) is 0 Å². The molecule has 0 atom stereocenters. The number of pyridine rings is 1. The van der Waals surface area contributed by atoms with Crippen LogP contribution >= 0.6 is 0 Å².